The SMILES string of the molecule is CCCCC(C(=O)OCC)C(C#N)(CCCC)C(=O)OCC. The fourth-order valence-electron chi connectivity index (χ4n) is 2.53. The average Bonchev–Trinajstić information content (AvgIpc) is 2.51. The fourth-order valence-corrected chi connectivity index (χ4v) is 2.53. The van der Waals surface area contributed by atoms with Crippen LogP contribution in [0.3, 0.4) is 0 Å². The molecule has 0 aliphatic heterocycles. The molecule has 0 heterocycles. The van der Waals surface area contributed by atoms with Crippen LogP contribution >= 0.6 is 0 Å². The van der Waals surface area contributed by atoms with Crippen molar-refractivity contribution in [2.45, 2.75) is 66.2 Å². The van der Waals surface area contributed by atoms with Crippen molar-refractivity contribution < 1.29 is 19.1 Å². The Kier molecular flexibility index (Phi) is 10.3. The van der Waals surface area contributed by atoms with Crippen LogP contribution in [0.4, 0.5) is 0 Å². The smallest absolute Gasteiger partial charge is 0.327 e. The highest BCUT2D eigenvalue weighted by molar-refractivity contribution is 5.88. The van der Waals surface area contributed by atoms with Gasteiger partial charge < -0.3 is 9.47 Å². The molecule has 0 saturated carbocycles. The molecule has 5 nitrogen and oxygen atoms in total. The molecular weight excluding hydrogens is 282 g/mol. The topological polar surface area (TPSA) is 76.4 Å². The molecule has 126 valence electrons. The number of carbonyl (C=O) groups excluding carboxylic acids is 2. The van der Waals surface area contributed by atoms with Gasteiger partial charge in [-0.3, -0.25) is 9.59 Å². The Hall–Kier alpha value is -1.57. The quantitative estimate of drug-likeness (QED) is 0.545. The van der Waals surface area contributed by atoms with E-state index in [0.29, 0.717) is 19.3 Å². The van der Waals surface area contributed by atoms with Gasteiger partial charge in [0, 0.05) is 0 Å². The summed E-state index contributed by atoms with van der Waals surface area (Å²) in [5, 5.41) is 9.73. The maximum atomic E-state index is 12.5. The van der Waals surface area contributed by atoms with Crippen molar-refractivity contribution in [3.05, 3.63) is 0 Å². The Morgan fingerprint density at radius 1 is 1.05 bits per heavy atom. The van der Waals surface area contributed by atoms with Gasteiger partial charge in [-0.1, -0.05) is 39.5 Å². The summed E-state index contributed by atoms with van der Waals surface area (Å²) in [5.74, 6) is -1.83. The minimum absolute atomic E-state index is 0.192. The van der Waals surface area contributed by atoms with Gasteiger partial charge in [-0.2, -0.15) is 5.26 Å². The van der Waals surface area contributed by atoms with Crippen molar-refractivity contribution in [3.8, 4) is 6.07 Å². The van der Waals surface area contributed by atoms with E-state index in [2.05, 4.69) is 6.07 Å². The molecule has 0 fully saturated rings. The number of hydrogen-bond acceptors (Lipinski definition) is 5. The van der Waals surface area contributed by atoms with Crippen LogP contribution in [0.5, 0.6) is 0 Å². The van der Waals surface area contributed by atoms with Gasteiger partial charge >= 0.3 is 11.9 Å². The molecule has 0 aliphatic carbocycles. The lowest BCUT2D eigenvalue weighted by atomic mass is 9.70. The molecule has 0 bridgehead atoms. The molecule has 0 aromatic heterocycles. The summed E-state index contributed by atoms with van der Waals surface area (Å²) in [5.41, 5.74) is -1.44. The first-order valence-electron chi connectivity index (χ1n) is 8.29. The second-order valence-electron chi connectivity index (χ2n) is 5.35. The highest BCUT2D eigenvalue weighted by Gasteiger charge is 2.50. The van der Waals surface area contributed by atoms with Gasteiger partial charge in [-0.15, -0.1) is 0 Å². The maximum Gasteiger partial charge on any atom is 0.327 e. The Morgan fingerprint density at radius 2 is 1.64 bits per heavy atom. The molecule has 2 unspecified atom stereocenters. The van der Waals surface area contributed by atoms with Crippen LogP contribution in [0, 0.1) is 22.7 Å². The number of hydrogen-bond donors (Lipinski definition) is 0. The Labute approximate surface area is 134 Å². The monoisotopic (exact) mass is 311 g/mol. The minimum Gasteiger partial charge on any atom is -0.466 e. The standard InChI is InChI=1S/C17H29NO4/c1-5-9-11-14(15(19)21-7-3)17(13-18,12-10-6-2)16(20)22-8-4/h14H,5-12H2,1-4H3. The molecule has 0 aromatic rings. The van der Waals surface area contributed by atoms with Crippen LogP contribution in [0.1, 0.15) is 66.2 Å². The zero-order valence-electron chi connectivity index (χ0n) is 14.3. The van der Waals surface area contributed by atoms with E-state index in [1.165, 1.54) is 0 Å². The van der Waals surface area contributed by atoms with Crippen LogP contribution in [0.2, 0.25) is 0 Å². The van der Waals surface area contributed by atoms with E-state index in [0.717, 1.165) is 19.3 Å². The van der Waals surface area contributed by atoms with Crippen molar-refractivity contribution in [2.75, 3.05) is 13.2 Å². The van der Waals surface area contributed by atoms with E-state index in [9.17, 15) is 14.9 Å². The maximum absolute atomic E-state index is 12.5. The summed E-state index contributed by atoms with van der Waals surface area (Å²) < 4.78 is 10.2. The summed E-state index contributed by atoms with van der Waals surface area (Å²) in [6.07, 6.45) is 3.96. The predicted octanol–water partition coefficient (Wildman–Crippen LogP) is 3.62. The van der Waals surface area contributed by atoms with Crippen molar-refractivity contribution >= 4 is 11.9 Å². The number of rotatable bonds is 11. The lowest BCUT2D eigenvalue weighted by Gasteiger charge is -2.31. The van der Waals surface area contributed by atoms with E-state index in [1.54, 1.807) is 13.8 Å². The lowest BCUT2D eigenvalue weighted by molar-refractivity contribution is -0.166. The van der Waals surface area contributed by atoms with E-state index >= 15 is 0 Å². The molecule has 0 saturated heterocycles. The third-order valence-electron chi connectivity index (χ3n) is 3.78. The van der Waals surface area contributed by atoms with E-state index in [1.807, 2.05) is 13.8 Å². The van der Waals surface area contributed by atoms with Crippen LogP contribution < -0.4 is 0 Å². The largest absolute Gasteiger partial charge is 0.466 e. The third-order valence-corrected chi connectivity index (χ3v) is 3.78. The molecule has 0 radical (unpaired) electrons. The van der Waals surface area contributed by atoms with Crippen molar-refractivity contribution in [1.29, 1.82) is 5.26 Å². The van der Waals surface area contributed by atoms with Crippen molar-refractivity contribution in [2.24, 2.45) is 11.3 Å². The number of nitrogens with zero attached hydrogens (tertiary/aromatic N) is 1. The minimum atomic E-state index is -1.44. The number of esters is 2. The van der Waals surface area contributed by atoms with Crippen LogP contribution in [-0.4, -0.2) is 25.2 Å². The molecule has 0 amide bonds. The number of unbranched alkanes of at least 4 members (excludes halogenated alkanes) is 2. The first-order valence-corrected chi connectivity index (χ1v) is 8.29. The highest BCUT2D eigenvalue weighted by Crippen LogP contribution is 2.38. The Balaban J connectivity index is 5.63. The molecule has 0 aromatic carbocycles. The van der Waals surface area contributed by atoms with Crippen LogP contribution in [-0.2, 0) is 19.1 Å². The third kappa shape index (κ3) is 5.32. The first-order chi connectivity index (χ1) is 10.5. The summed E-state index contributed by atoms with van der Waals surface area (Å²) in [7, 11) is 0. The normalized spacial score (nSPS) is 14.5. The molecule has 22 heavy (non-hydrogen) atoms. The van der Waals surface area contributed by atoms with E-state index in [4.69, 9.17) is 9.47 Å². The average molecular weight is 311 g/mol. The van der Waals surface area contributed by atoms with Gasteiger partial charge in [-0.25, -0.2) is 0 Å². The molecule has 5 heteroatoms. The zero-order chi connectivity index (χ0) is 17.0. The van der Waals surface area contributed by atoms with Gasteiger partial charge in [-0.05, 0) is 26.7 Å². The van der Waals surface area contributed by atoms with Gasteiger partial charge in [0.1, 0.15) is 0 Å². The summed E-state index contributed by atoms with van der Waals surface area (Å²) in [6.45, 7) is 7.84. The molecule has 0 spiro atoms. The summed E-state index contributed by atoms with van der Waals surface area (Å²) in [6, 6.07) is 2.11. The summed E-state index contributed by atoms with van der Waals surface area (Å²) in [4.78, 5) is 24.8. The zero-order valence-corrected chi connectivity index (χ0v) is 14.3. The summed E-state index contributed by atoms with van der Waals surface area (Å²) >= 11 is 0. The van der Waals surface area contributed by atoms with Gasteiger partial charge in [0.15, 0.2) is 5.41 Å². The fraction of sp³-hybridized carbons (Fsp3) is 0.824. The molecular formula is C17H29NO4. The molecule has 2 atom stereocenters. The van der Waals surface area contributed by atoms with Gasteiger partial charge in [0.25, 0.3) is 0 Å². The number of ether oxygens (including phenoxy) is 2. The molecule has 0 aliphatic rings. The first kappa shape index (κ1) is 20.4. The van der Waals surface area contributed by atoms with Gasteiger partial charge in [0.05, 0.1) is 25.2 Å². The molecule has 0 rings (SSSR count). The number of nitriles is 1. The van der Waals surface area contributed by atoms with Crippen molar-refractivity contribution in [3.63, 3.8) is 0 Å². The highest BCUT2D eigenvalue weighted by atomic mass is 16.5. The van der Waals surface area contributed by atoms with Crippen LogP contribution in [0.25, 0.3) is 0 Å². The van der Waals surface area contributed by atoms with Gasteiger partial charge in [0.2, 0.25) is 0 Å². The second kappa shape index (κ2) is 11.1. The van der Waals surface area contributed by atoms with Crippen molar-refractivity contribution in [1.82, 2.24) is 0 Å². The lowest BCUT2D eigenvalue weighted by Crippen LogP contribution is -2.43. The van der Waals surface area contributed by atoms with E-state index in [-0.39, 0.29) is 13.2 Å². The number of carbonyl (C=O) groups is 2. The van der Waals surface area contributed by atoms with E-state index < -0.39 is 23.3 Å². The second-order valence-corrected chi connectivity index (χ2v) is 5.35. The van der Waals surface area contributed by atoms with Crippen LogP contribution in [0.15, 0.2) is 0 Å². The molecule has 0 N–H and O–H groups in total. The Morgan fingerprint density at radius 3 is 2.09 bits per heavy atom. The Bertz CT molecular complexity index is 389. The predicted molar refractivity (Wildman–Crippen MR) is 83.9 cm³/mol.